The van der Waals surface area contributed by atoms with Gasteiger partial charge in [0.05, 0.1) is 25.4 Å². The summed E-state index contributed by atoms with van der Waals surface area (Å²) < 4.78 is 5.50. The Morgan fingerprint density at radius 1 is 0.326 bits per heavy atom. The summed E-state index contributed by atoms with van der Waals surface area (Å²) in [6.07, 6.45) is 99.5. The van der Waals surface area contributed by atoms with Crippen LogP contribution in [0.5, 0.6) is 0 Å². The lowest BCUT2D eigenvalue weighted by molar-refractivity contribution is -0.143. The van der Waals surface area contributed by atoms with Gasteiger partial charge in [-0.15, -0.1) is 0 Å². The van der Waals surface area contributed by atoms with E-state index in [1.807, 2.05) is 6.08 Å². The molecular formula is C80H151NO5. The van der Waals surface area contributed by atoms with E-state index < -0.39 is 12.1 Å². The predicted octanol–water partition coefficient (Wildman–Crippen LogP) is 25.6. The standard InChI is InChI=1S/C80H151NO5/c1-3-5-7-9-11-13-15-17-44-48-52-56-60-64-68-72-78(83)77(76-82)81-79(84)73-69-65-61-57-53-49-46-42-40-38-36-34-32-30-28-26-24-22-20-19-21-23-25-27-29-31-33-35-37-39-41-43-47-51-55-59-63-67-71-75-86-80(85)74-70-66-62-58-54-50-45-18-16-14-12-10-8-6-4-2/h18-20,23,25,45,68,72,77-78,82-83H,3-17,21-22,24,26-44,46-67,69-71,73-76H2,1-2H3,(H,81,84)/b20-19-,25-23-,45-18-,72-68+. The number of unbranched alkanes of at least 4 members (excludes halogenated alkanes) is 56. The summed E-state index contributed by atoms with van der Waals surface area (Å²) in [5.41, 5.74) is 0. The maximum absolute atomic E-state index is 12.5. The lowest BCUT2D eigenvalue weighted by Crippen LogP contribution is -2.45. The van der Waals surface area contributed by atoms with E-state index in [0.717, 1.165) is 51.4 Å². The predicted molar refractivity (Wildman–Crippen MR) is 379 cm³/mol. The van der Waals surface area contributed by atoms with Gasteiger partial charge < -0.3 is 20.3 Å². The number of hydrogen-bond donors (Lipinski definition) is 3. The van der Waals surface area contributed by atoms with Gasteiger partial charge >= 0.3 is 5.97 Å². The summed E-state index contributed by atoms with van der Waals surface area (Å²) in [4.78, 5) is 24.6. The second kappa shape index (κ2) is 75.3. The summed E-state index contributed by atoms with van der Waals surface area (Å²) in [6, 6.07) is -0.626. The fourth-order valence-corrected chi connectivity index (χ4v) is 12.1. The van der Waals surface area contributed by atoms with Crippen molar-refractivity contribution in [1.82, 2.24) is 5.32 Å². The van der Waals surface area contributed by atoms with Gasteiger partial charge in [0.2, 0.25) is 5.91 Å². The molecule has 0 aliphatic heterocycles. The van der Waals surface area contributed by atoms with Gasteiger partial charge in [0, 0.05) is 12.8 Å². The fraction of sp³-hybridized carbons (Fsp3) is 0.875. The molecule has 0 spiro atoms. The van der Waals surface area contributed by atoms with E-state index in [4.69, 9.17) is 4.74 Å². The molecule has 2 atom stereocenters. The van der Waals surface area contributed by atoms with Crippen molar-refractivity contribution in [2.75, 3.05) is 13.2 Å². The number of aliphatic hydroxyl groups is 2. The van der Waals surface area contributed by atoms with Crippen LogP contribution in [0.3, 0.4) is 0 Å². The van der Waals surface area contributed by atoms with Gasteiger partial charge in [-0.1, -0.05) is 371 Å². The summed E-state index contributed by atoms with van der Waals surface area (Å²) >= 11 is 0. The van der Waals surface area contributed by atoms with Crippen molar-refractivity contribution in [2.24, 2.45) is 0 Å². The molecule has 0 fully saturated rings. The van der Waals surface area contributed by atoms with Gasteiger partial charge in [0.15, 0.2) is 0 Å². The number of aliphatic hydroxyl groups excluding tert-OH is 2. The maximum Gasteiger partial charge on any atom is 0.305 e. The fourth-order valence-electron chi connectivity index (χ4n) is 12.1. The number of carbonyl (C=O) groups is 2. The Morgan fingerprint density at radius 3 is 0.895 bits per heavy atom. The van der Waals surface area contributed by atoms with Crippen LogP contribution in [-0.2, 0) is 14.3 Å². The first kappa shape index (κ1) is 83.8. The lowest BCUT2D eigenvalue weighted by atomic mass is 10.0. The Kier molecular flexibility index (Phi) is 73.4. The highest BCUT2D eigenvalue weighted by Gasteiger charge is 2.18. The molecule has 0 rings (SSSR count). The lowest BCUT2D eigenvalue weighted by Gasteiger charge is -2.20. The highest BCUT2D eigenvalue weighted by Crippen LogP contribution is 2.19. The zero-order valence-corrected chi connectivity index (χ0v) is 58.1. The van der Waals surface area contributed by atoms with Crippen molar-refractivity contribution < 1.29 is 24.5 Å². The summed E-state index contributed by atoms with van der Waals surface area (Å²) in [7, 11) is 0. The number of allylic oxidation sites excluding steroid dienone is 7. The second-order valence-corrected chi connectivity index (χ2v) is 26.7. The molecule has 86 heavy (non-hydrogen) atoms. The molecule has 3 N–H and O–H groups in total. The largest absolute Gasteiger partial charge is 0.466 e. The van der Waals surface area contributed by atoms with E-state index in [9.17, 15) is 19.8 Å². The molecule has 0 bridgehead atoms. The molecule has 2 unspecified atom stereocenters. The number of nitrogens with one attached hydrogen (secondary N) is 1. The van der Waals surface area contributed by atoms with Crippen LogP contribution in [-0.4, -0.2) is 47.4 Å². The molecule has 6 nitrogen and oxygen atoms in total. The number of carbonyl (C=O) groups excluding carboxylic acids is 2. The van der Waals surface area contributed by atoms with Crippen molar-refractivity contribution in [1.29, 1.82) is 0 Å². The molecule has 1 amide bonds. The Balaban J connectivity index is 3.36. The van der Waals surface area contributed by atoms with Crippen LogP contribution in [0.25, 0.3) is 0 Å². The quantitative estimate of drug-likeness (QED) is 0.0320. The molecule has 0 aliphatic carbocycles. The van der Waals surface area contributed by atoms with Crippen LogP contribution in [0.2, 0.25) is 0 Å². The minimum absolute atomic E-state index is 0.0125. The third kappa shape index (κ3) is 70.9. The molecule has 0 radical (unpaired) electrons. The number of ether oxygens (including phenoxy) is 1. The van der Waals surface area contributed by atoms with Gasteiger partial charge in [0.25, 0.3) is 0 Å². The van der Waals surface area contributed by atoms with Crippen LogP contribution >= 0.6 is 0 Å². The number of rotatable bonds is 73. The van der Waals surface area contributed by atoms with E-state index in [-0.39, 0.29) is 18.5 Å². The van der Waals surface area contributed by atoms with Crippen LogP contribution in [0.15, 0.2) is 48.6 Å². The smallest absolute Gasteiger partial charge is 0.305 e. The number of amides is 1. The monoisotopic (exact) mass is 1210 g/mol. The van der Waals surface area contributed by atoms with Gasteiger partial charge in [-0.3, -0.25) is 9.59 Å². The van der Waals surface area contributed by atoms with Crippen LogP contribution in [0.4, 0.5) is 0 Å². The van der Waals surface area contributed by atoms with Crippen molar-refractivity contribution in [3.63, 3.8) is 0 Å². The van der Waals surface area contributed by atoms with E-state index in [0.29, 0.717) is 19.4 Å². The van der Waals surface area contributed by atoms with Crippen molar-refractivity contribution >= 4 is 11.9 Å². The minimum Gasteiger partial charge on any atom is -0.466 e. The first-order valence-electron chi connectivity index (χ1n) is 38.9. The molecular weight excluding hydrogens is 1050 g/mol. The normalized spacial score (nSPS) is 12.7. The Morgan fingerprint density at radius 2 is 0.581 bits per heavy atom. The van der Waals surface area contributed by atoms with E-state index in [1.54, 1.807) is 6.08 Å². The molecule has 0 aromatic carbocycles. The van der Waals surface area contributed by atoms with E-state index in [1.165, 1.54) is 347 Å². The van der Waals surface area contributed by atoms with Crippen molar-refractivity contribution in [2.45, 2.75) is 437 Å². The average molecular weight is 1210 g/mol. The third-order valence-corrected chi connectivity index (χ3v) is 18.1. The number of esters is 1. The Bertz CT molecular complexity index is 1440. The summed E-state index contributed by atoms with van der Waals surface area (Å²) in [6.45, 7) is 4.93. The maximum atomic E-state index is 12.5. The van der Waals surface area contributed by atoms with Gasteiger partial charge in [-0.25, -0.2) is 0 Å². The van der Waals surface area contributed by atoms with Crippen LogP contribution in [0, 0.1) is 0 Å². The average Bonchev–Trinajstić information content (AvgIpc) is 3.54. The van der Waals surface area contributed by atoms with Crippen LogP contribution < -0.4 is 5.32 Å². The van der Waals surface area contributed by atoms with E-state index >= 15 is 0 Å². The SMILES string of the molecule is CCCCCCCC/C=C\CCCCCCCC(=O)OCCCCCCCCCCCCCCCCC/C=C\C/C=C\CCCCCCCCCCCCCCCCCCCC(=O)NC(CO)C(O)/C=C/CCCCCCCCCCCCCCC. The first-order valence-corrected chi connectivity index (χ1v) is 38.9. The zero-order chi connectivity index (χ0) is 62.0. The molecule has 0 aliphatic rings. The molecule has 6 heteroatoms. The molecule has 0 aromatic rings. The first-order chi connectivity index (χ1) is 42.5. The highest BCUT2D eigenvalue weighted by molar-refractivity contribution is 5.76. The van der Waals surface area contributed by atoms with Gasteiger partial charge in [0.1, 0.15) is 0 Å². The van der Waals surface area contributed by atoms with Crippen molar-refractivity contribution in [3.8, 4) is 0 Å². The Hall–Kier alpha value is -2.18. The summed E-state index contributed by atoms with van der Waals surface area (Å²) in [5.74, 6) is -0.0501. The second-order valence-electron chi connectivity index (χ2n) is 26.7. The van der Waals surface area contributed by atoms with Crippen molar-refractivity contribution in [3.05, 3.63) is 48.6 Å². The molecule has 0 saturated heterocycles. The zero-order valence-electron chi connectivity index (χ0n) is 58.1. The minimum atomic E-state index is -0.842. The number of hydrogen-bond acceptors (Lipinski definition) is 5. The van der Waals surface area contributed by atoms with E-state index in [2.05, 4.69) is 55.6 Å². The molecule has 506 valence electrons. The third-order valence-electron chi connectivity index (χ3n) is 18.1. The van der Waals surface area contributed by atoms with Gasteiger partial charge in [-0.2, -0.15) is 0 Å². The topological polar surface area (TPSA) is 95.9 Å². The van der Waals surface area contributed by atoms with Crippen LogP contribution in [0.1, 0.15) is 425 Å². The van der Waals surface area contributed by atoms with Gasteiger partial charge in [-0.05, 0) is 89.9 Å². The molecule has 0 saturated carbocycles. The molecule has 0 heterocycles. The summed E-state index contributed by atoms with van der Waals surface area (Å²) in [5, 5.41) is 23.2. The molecule has 0 aromatic heterocycles. The Labute approximate surface area is 537 Å². The highest BCUT2D eigenvalue weighted by atomic mass is 16.5.